The van der Waals surface area contributed by atoms with E-state index in [2.05, 4.69) is 46.4 Å². The molecule has 7 heteroatoms. The number of hydrogen-bond donors (Lipinski definition) is 1. The molecule has 1 N–H and O–H groups in total. The molecule has 0 radical (unpaired) electrons. The molecule has 2 saturated heterocycles. The third-order valence-electron chi connectivity index (χ3n) is 7.32. The number of fused-ring (bicyclic) bond motifs is 1. The maximum absolute atomic E-state index is 13.2. The molecule has 1 atom stereocenters. The number of benzene rings is 3. The molecule has 5 rings (SSSR count). The highest BCUT2D eigenvalue weighted by atomic mass is 16.5. The molecule has 0 spiro atoms. The molecule has 2 aliphatic heterocycles. The Kier molecular flexibility index (Phi) is 8.02. The fourth-order valence-corrected chi connectivity index (χ4v) is 5.35. The molecule has 0 bridgehead atoms. The summed E-state index contributed by atoms with van der Waals surface area (Å²) in [6, 6.07) is 22.5. The third-order valence-corrected chi connectivity index (χ3v) is 7.32. The number of likely N-dealkylation sites (N-methyl/N-ethyl adjacent to an activating group) is 1. The van der Waals surface area contributed by atoms with Crippen molar-refractivity contribution in [3.05, 3.63) is 77.9 Å². The van der Waals surface area contributed by atoms with Crippen molar-refractivity contribution in [1.82, 2.24) is 20.0 Å². The van der Waals surface area contributed by atoms with Crippen LogP contribution in [-0.4, -0.2) is 85.5 Å². The van der Waals surface area contributed by atoms with Gasteiger partial charge < -0.3 is 19.9 Å². The Bertz CT molecular complexity index is 1230. The van der Waals surface area contributed by atoms with Crippen LogP contribution in [-0.2, 0) is 11.3 Å². The molecule has 37 heavy (non-hydrogen) atoms. The second-order valence-electron chi connectivity index (χ2n) is 10.2. The average molecular weight is 501 g/mol. The predicted octanol–water partition coefficient (Wildman–Crippen LogP) is 3.39. The van der Waals surface area contributed by atoms with Crippen LogP contribution in [0.5, 0.6) is 5.75 Å². The van der Waals surface area contributed by atoms with E-state index in [0.29, 0.717) is 13.0 Å². The number of amides is 2. The first-order valence-electron chi connectivity index (χ1n) is 13.2. The van der Waals surface area contributed by atoms with Crippen molar-refractivity contribution in [2.75, 3.05) is 52.9 Å². The van der Waals surface area contributed by atoms with Gasteiger partial charge >= 0.3 is 0 Å². The van der Waals surface area contributed by atoms with E-state index < -0.39 is 0 Å². The van der Waals surface area contributed by atoms with Crippen LogP contribution < -0.4 is 10.1 Å². The molecule has 2 fully saturated rings. The summed E-state index contributed by atoms with van der Waals surface area (Å²) in [5.74, 6) is 1.15. The largest absolute Gasteiger partial charge is 0.492 e. The van der Waals surface area contributed by atoms with Crippen LogP contribution >= 0.6 is 0 Å². The van der Waals surface area contributed by atoms with E-state index in [1.54, 1.807) is 0 Å². The van der Waals surface area contributed by atoms with Gasteiger partial charge in [0.15, 0.2) is 0 Å². The van der Waals surface area contributed by atoms with E-state index in [1.165, 1.54) is 5.56 Å². The number of carbonyl (C=O) groups is 2. The minimum Gasteiger partial charge on any atom is -0.492 e. The van der Waals surface area contributed by atoms with Gasteiger partial charge in [-0.05, 0) is 48.0 Å². The minimum atomic E-state index is 0.116. The molecule has 0 unspecified atom stereocenters. The van der Waals surface area contributed by atoms with Crippen molar-refractivity contribution in [2.24, 2.45) is 0 Å². The van der Waals surface area contributed by atoms with Crippen molar-refractivity contribution < 1.29 is 14.3 Å². The number of ether oxygens (including phenoxy) is 1. The first-order valence-corrected chi connectivity index (χ1v) is 13.2. The molecule has 0 aliphatic carbocycles. The zero-order valence-electron chi connectivity index (χ0n) is 21.6. The second-order valence-corrected chi connectivity index (χ2v) is 10.2. The number of hydrogen-bond acceptors (Lipinski definition) is 5. The maximum atomic E-state index is 13.2. The quantitative estimate of drug-likeness (QED) is 0.488. The smallest absolute Gasteiger partial charge is 0.254 e. The van der Waals surface area contributed by atoms with Gasteiger partial charge in [0, 0.05) is 63.8 Å². The van der Waals surface area contributed by atoms with Crippen molar-refractivity contribution in [2.45, 2.75) is 25.4 Å². The van der Waals surface area contributed by atoms with Crippen LogP contribution in [0.3, 0.4) is 0 Å². The van der Waals surface area contributed by atoms with E-state index >= 15 is 0 Å². The fourth-order valence-electron chi connectivity index (χ4n) is 5.35. The highest BCUT2D eigenvalue weighted by Gasteiger charge is 2.24. The average Bonchev–Trinajstić information content (AvgIpc) is 3.32. The second kappa shape index (κ2) is 11.8. The fraction of sp³-hybridized carbons (Fsp3) is 0.400. The Balaban J connectivity index is 1.06. The first kappa shape index (κ1) is 25.2. The molecule has 194 valence electrons. The van der Waals surface area contributed by atoms with Gasteiger partial charge in [-0.3, -0.25) is 14.5 Å². The Morgan fingerprint density at radius 3 is 2.62 bits per heavy atom. The molecule has 0 saturated carbocycles. The van der Waals surface area contributed by atoms with Crippen LogP contribution in [0.1, 0.15) is 28.8 Å². The lowest BCUT2D eigenvalue weighted by Crippen LogP contribution is -2.49. The van der Waals surface area contributed by atoms with E-state index in [1.807, 2.05) is 47.4 Å². The molecule has 2 amide bonds. The molecule has 3 aromatic rings. The number of nitrogens with zero attached hydrogens (tertiary/aromatic N) is 3. The van der Waals surface area contributed by atoms with Crippen LogP contribution in [0.4, 0.5) is 0 Å². The number of piperazine rings is 1. The maximum Gasteiger partial charge on any atom is 0.254 e. The summed E-state index contributed by atoms with van der Waals surface area (Å²) in [5.41, 5.74) is 1.98. The molecule has 0 aromatic heterocycles. The molecule has 3 aromatic carbocycles. The Hall–Kier alpha value is -3.42. The van der Waals surface area contributed by atoms with Crippen LogP contribution in [0.25, 0.3) is 10.8 Å². The van der Waals surface area contributed by atoms with Crippen LogP contribution in [0, 0.1) is 0 Å². The van der Waals surface area contributed by atoms with Crippen molar-refractivity contribution in [1.29, 1.82) is 0 Å². The molecule has 7 nitrogen and oxygen atoms in total. The zero-order chi connectivity index (χ0) is 25.6. The number of nitrogens with one attached hydrogen (secondary N) is 1. The minimum absolute atomic E-state index is 0.116. The summed E-state index contributed by atoms with van der Waals surface area (Å²) in [5, 5.41) is 5.15. The van der Waals surface area contributed by atoms with Crippen molar-refractivity contribution in [3.8, 4) is 5.75 Å². The van der Waals surface area contributed by atoms with Gasteiger partial charge in [-0.15, -0.1) is 0 Å². The lowest BCUT2D eigenvalue weighted by atomic mass is 10.0. The van der Waals surface area contributed by atoms with Gasteiger partial charge in [0.1, 0.15) is 12.4 Å². The first-order chi connectivity index (χ1) is 18.0. The summed E-state index contributed by atoms with van der Waals surface area (Å²) in [7, 11) is 2.09. The van der Waals surface area contributed by atoms with Gasteiger partial charge in [0.2, 0.25) is 5.91 Å². The van der Waals surface area contributed by atoms with Gasteiger partial charge in [-0.2, -0.15) is 0 Å². The zero-order valence-corrected chi connectivity index (χ0v) is 21.6. The van der Waals surface area contributed by atoms with E-state index in [9.17, 15) is 9.59 Å². The lowest BCUT2D eigenvalue weighted by molar-refractivity contribution is -0.119. The summed E-state index contributed by atoms with van der Waals surface area (Å²) < 4.78 is 6.07. The van der Waals surface area contributed by atoms with Gasteiger partial charge in [-0.25, -0.2) is 0 Å². The van der Waals surface area contributed by atoms with Gasteiger partial charge in [0.05, 0.1) is 0 Å². The van der Waals surface area contributed by atoms with Gasteiger partial charge in [-0.1, -0.05) is 48.5 Å². The molecular weight excluding hydrogens is 464 g/mol. The topological polar surface area (TPSA) is 65.1 Å². The number of rotatable bonds is 9. The molecular formula is C30H36N4O3. The highest BCUT2D eigenvalue weighted by Crippen LogP contribution is 2.21. The van der Waals surface area contributed by atoms with E-state index in [-0.39, 0.29) is 17.9 Å². The van der Waals surface area contributed by atoms with Crippen LogP contribution in [0.15, 0.2) is 66.7 Å². The third kappa shape index (κ3) is 6.48. The Morgan fingerprint density at radius 2 is 1.81 bits per heavy atom. The molecule has 2 heterocycles. The summed E-state index contributed by atoms with van der Waals surface area (Å²) in [4.78, 5) is 31.2. The van der Waals surface area contributed by atoms with Crippen LogP contribution in [0.2, 0.25) is 0 Å². The monoisotopic (exact) mass is 500 g/mol. The lowest BCUT2D eigenvalue weighted by Gasteiger charge is -2.34. The highest BCUT2D eigenvalue weighted by molar-refractivity contribution is 6.07. The Labute approximate surface area is 219 Å². The standard InChI is InChI=1S/C30H36N4O3/c1-32(22-25-12-13-29(35)31-25)21-23-6-4-9-26(20-23)37-19-18-33-14-16-34(17-15-33)30(36)28-11-5-8-24-7-2-3-10-27(24)28/h2-11,20,25H,12-19,21-22H2,1H3,(H,31,35)/t25-/m1/s1. The normalized spacial score (nSPS) is 18.4. The summed E-state index contributed by atoms with van der Waals surface area (Å²) in [6.45, 7) is 6.27. The van der Waals surface area contributed by atoms with Gasteiger partial charge in [0.25, 0.3) is 5.91 Å². The number of carbonyl (C=O) groups excluding carboxylic acids is 2. The Morgan fingerprint density at radius 1 is 1.03 bits per heavy atom. The summed E-state index contributed by atoms with van der Waals surface area (Å²) in [6.07, 6.45) is 1.55. The summed E-state index contributed by atoms with van der Waals surface area (Å²) >= 11 is 0. The molecule has 2 aliphatic rings. The van der Waals surface area contributed by atoms with Crippen molar-refractivity contribution >= 4 is 22.6 Å². The van der Waals surface area contributed by atoms with E-state index in [0.717, 1.165) is 74.3 Å². The van der Waals surface area contributed by atoms with E-state index in [4.69, 9.17) is 4.74 Å². The van der Waals surface area contributed by atoms with Crippen molar-refractivity contribution in [3.63, 3.8) is 0 Å². The SMILES string of the molecule is CN(Cc1cccc(OCCN2CCN(C(=O)c3cccc4ccccc34)CC2)c1)C[C@H]1CCC(=O)N1. The predicted molar refractivity (Wildman–Crippen MR) is 146 cm³/mol.